The van der Waals surface area contributed by atoms with Crippen molar-refractivity contribution in [3.8, 4) is 11.4 Å². The molecule has 0 unspecified atom stereocenters. The summed E-state index contributed by atoms with van der Waals surface area (Å²) in [4.78, 5) is 24.9. The number of H-pyrrole nitrogens is 1. The van der Waals surface area contributed by atoms with Crippen LogP contribution in [-0.2, 0) is 23.8 Å². The van der Waals surface area contributed by atoms with Crippen LogP contribution >= 0.6 is 0 Å². The quantitative estimate of drug-likeness (QED) is 0.511. The zero-order chi connectivity index (χ0) is 25.4. The number of nitrogens with zero attached hydrogens (tertiary/aromatic N) is 5. The van der Waals surface area contributed by atoms with Crippen LogP contribution in [0.4, 0.5) is 30.5 Å². The number of hydrogen-bond donors (Lipinski definition) is 2. The van der Waals surface area contributed by atoms with Crippen LogP contribution in [0, 0.1) is 0 Å². The first-order chi connectivity index (χ1) is 17.2. The van der Waals surface area contributed by atoms with E-state index in [2.05, 4.69) is 30.4 Å². The van der Waals surface area contributed by atoms with E-state index >= 15 is 0 Å². The third-order valence-electron chi connectivity index (χ3n) is 6.48. The monoisotopic (exact) mass is 501 g/mol. The van der Waals surface area contributed by atoms with Gasteiger partial charge in [0.25, 0.3) is 0 Å². The fourth-order valence-electron chi connectivity index (χ4n) is 4.58. The minimum atomic E-state index is -4.51. The largest absolute Gasteiger partial charge is 0.461 e. The summed E-state index contributed by atoms with van der Waals surface area (Å²) in [7, 11) is 1.96. The predicted molar refractivity (Wildman–Crippen MR) is 127 cm³/mol. The maximum atomic E-state index is 14.0. The molecule has 3 heterocycles. The number of fused-ring (bicyclic) bond motifs is 3. The normalized spacial score (nSPS) is 15.9. The summed E-state index contributed by atoms with van der Waals surface area (Å²) >= 11 is 0. The van der Waals surface area contributed by atoms with Gasteiger partial charge < -0.3 is 19.9 Å². The molecule has 0 spiro atoms. The van der Waals surface area contributed by atoms with E-state index in [0.29, 0.717) is 61.7 Å². The Balaban J connectivity index is 1.43. The number of nitrogens with one attached hydrogen (secondary N) is 2. The van der Waals surface area contributed by atoms with Crippen LogP contribution in [-0.4, -0.2) is 70.9 Å². The molecular weight excluding hydrogens is 475 g/mol. The van der Waals surface area contributed by atoms with Crippen molar-refractivity contribution >= 4 is 23.3 Å². The van der Waals surface area contributed by atoms with Crippen molar-refractivity contribution in [2.75, 3.05) is 50.1 Å². The maximum Gasteiger partial charge on any atom is 0.418 e. The van der Waals surface area contributed by atoms with Gasteiger partial charge in [0.1, 0.15) is 11.4 Å². The number of ether oxygens (including phenoxy) is 1. The zero-order valence-corrected chi connectivity index (χ0v) is 19.9. The van der Waals surface area contributed by atoms with Crippen LogP contribution in [0.1, 0.15) is 34.1 Å². The van der Waals surface area contributed by atoms with E-state index in [1.807, 2.05) is 7.05 Å². The SMILES string of the molecule is CCOC(=O)c1[nH]nc2c1CCc1cnc(Nc3ccc(N4CCN(C)CC4)c(C(F)(F)F)c3)nc1-2. The summed E-state index contributed by atoms with van der Waals surface area (Å²) in [6.07, 6.45) is -1.70. The van der Waals surface area contributed by atoms with E-state index in [0.717, 1.165) is 11.6 Å². The van der Waals surface area contributed by atoms with Gasteiger partial charge in [0, 0.05) is 49.3 Å². The fraction of sp³-hybridized carbons (Fsp3) is 0.417. The summed E-state index contributed by atoms with van der Waals surface area (Å²) < 4.78 is 47.0. The maximum absolute atomic E-state index is 14.0. The molecule has 2 aliphatic rings. The molecule has 9 nitrogen and oxygen atoms in total. The van der Waals surface area contributed by atoms with Gasteiger partial charge in [-0.1, -0.05) is 0 Å². The molecule has 2 N–H and O–H groups in total. The standard InChI is InChI=1S/C24H26F3N7O2/c1-3-36-22(35)21-16-6-4-14-13-28-23(30-19(14)20(16)31-32-21)29-15-5-7-18(17(12-15)24(25,26)27)34-10-8-33(2)9-11-34/h5,7,12-13H,3-4,6,8-11H2,1-2H3,(H,31,32)(H,28,29,30). The topological polar surface area (TPSA) is 99.3 Å². The van der Waals surface area contributed by atoms with Crippen LogP contribution in [0.15, 0.2) is 24.4 Å². The molecule has 0 amide bonds. The fourth-order valence-corrected chi connectivity index (χ4v) is 4.58. The number of hydrogen-bond acceptors (Lipinski definition) is 8. The molecule has 1 aliphatic carbocycles. The lowest BCUT2D eigenvalue weighted by molar-refractivity contribution is -0.137. The lowest BCUT2D eigenvalue weighted by Crippen LogP contribution is -2.45. The number of anilines is 3. The van der Waals surface area contributed by atoms with Crippen molar-refractivity contribution in [1.82, 2.24) is 25.1 Å². The van der Waals surface area contributed by atoms with E-state index < -0.39 is 17.7 Å². The Morgan fingerprint density at radius 1 is 1.17 bits per heavy atom. The van der Waals surface area contributed by atoms with Crippen molar-refractivity contribution in [2.45, 2.75) is 25.9 Å². The molecule has 1 aromatic carbocycles. The van der Waals surface area contributed by atoms with Crippen LogP contribution in [0.3, 0.4) is 0 Å². The molecule has 190 valence electrons. The van der Waals surface area contributed by atoms with Gasteiger partial charge in [0.2, 0.25) is 5.95 Å². The molecule has 3 aromatic rings. The zero-order valence-electron chi connectivity index (χ0n) is 19.9. The average Bonchev–Trinajstić information content (AvgIpc) is 3.29. The first-order valence-corrected chi connectivity index (χ1v) is 11.8. The molecule has 0 atom stereocenters. The lowest BCUT2D eigenvalue weighted by atomic mass is 9.93. The molecular formula is C24H26F3N7O2. The highest BCUT2D eigenvalue weighted by molar-refractivity contribution is 5.91. The number of rotatable bonds is 5. The highest BCUT2D eigenvalue weighted by Crippen LogP contribution is 2.39. The summed E-state index contributed by atoms with van der Waals surface area (Å²) in [6, 6.07) is 4.19. The van der Waals surface area contributed by atoms with Gasteiger partial charge in [-0.3, -0.25) is 5.10 Å². The number of esters is 1. The van der Waals surface area contributed by atoms with Gasteiger partial charge in [-0.05, 0) is 50.6 Å². The van der Waals surface area contributed by atoms with Gasteiger partial charge in [0.15, 0.2) is 0 Å². The Kier molecular flexibility index (Phi) is 6.29. The Hall–Kier alpha value is -3.67. The van der Waals surface area contributed by atoms with Gasteiger partial charge >= 0.3 is 12.1 Å². The highest BCUT2D eigenvalue weighted by Gasteiger charge is 2.36. The number of likely N-dealkylation sites (N-methyl/N-ethyl adjacent to an activating group) is 1. The van der Waals surface area contributed by atoms with Crippen molar-refractivity contribution in [1.29, 1.82) is 0 Å². The number of carbonyl (C=O) groups excluding carboxylic acids is 1. The van der Waals surface area contributed by atoms with Crippen LogP contribution in [0.2, 0.25) is 0 Å². The number of aromatic nitrogens is 4. The molecule has 0 radical (unpaired) electrons. The Morgan fingerprint density at radius 3 is 2.67 bits per heavy atom. The summed E-state index contributed by atoms with van der Waals surface area (Å²) in [5, 5.41) is 9.91. The summed E-state index contributed by atoms with van der Waals surface area (Å²) in [5.41, 5.74) is 2.59. The second-order valence-electron chi connectivity index (χ2n) is 8.86. The molecule has 1 saturated heterocycles. The van der Waals surface area contributed by atoms with E-state index in [1.165, 1.54) is 6.07 Å². The molecule has 0 saturated carbocycles. The van der Waals surface area contributed by atoms with Gasteiger partial charge in [-0.15, -0.1) is 0 Å². The van der Waals surface area contributed by atoms with E-state index in [-0.39, 0.29) is 23.9 Å². The van der Waals surface area contributed by atoms with Crippen LogP contribution in [0.5, 0.6) is 0 Å². The summed E-state index contributed by atoms with van der Waals surface area (Å²) in [5.74, 6) is -0.343. The first kappa shape index (κ1) is 24.0. The molecule has 36 heavy (non-hydrogen) atoms. The highest BCUT2D eigenvalue weighted by atomic mass is 19.4. The van der Waals surface area contributed by atoms with Gasteiger partial charge in [-0.25, -0.2) is 14.8 Å². The third-order valence-corrected chi connectivity index (χ3v) is 6.48. The molecule has 1 fully saturated rings. The van der Waals surface area contributed by atoms with Gasteiger partial charge in [-0.2, -0.15) is 18.3 Å². The Labute approximate surface area is 205 Å². The smallest absolute Gasteiger partial charge is 0.418 e. The second kappa shape index (κ2) is 9.41. The lowest BCUT2D eigenvalue weighted by Gasteiger charge is -2.35. The first-order valence-electron chi connectivity index (χ1n) is 11.8. The molecule has 12 heteroatoms. The number of alkyl halides is 3. The number of carbonyl (C=O) groups is 1. The number of aromatic amines is 1. The number of piperazine rings is 1. The molecule has 1 aliphatic heterocycles. The predicted octanol–water partition coefficient (Wildman–Crippen LogP) is 3.66. The minimum Gasteiger partial charge on any atom is -0.461 e. The Morgan fingerprint density at radius 2 is 1.94 bits per heavy atom. The number of aryl methyl sites for hydroxylation is 1. The van der Waals surface area contributed by atoms with Gasteiger partial charge in [0.05, 0.1) is 17.9 Å². The minimum absolute atomic E-state index is 0.141. The molecule has 5 rings (SSSR count). The third kappa shape index (κ3) is 4.60. The van der Waals surface area contributed by atoms with Crippen LogP contribution < -0.4 is 10.2 Å². The molecule has 2 aromatic heterocycles. The molecule has 0 bridgehead atoms. The van der Waals surface area contributed by atoms with Crippen molar-refractivity contribution in [3.05, 3.63) is 46.8 Å². The summed E-state index contributed by atoms with van der Waals surface area (Å²) in [6.45, 7) is 4.43. The average molecular weight is 502 g/mol. The van der Waals surface area contributed by atoms with Crippen LogP contribution in [0.25, 0.3) is 11.4 Å². The van der Waals surface area contributed by atoms with Crippen molar-refractivity contribution in [2.24, 2.45) is 0 Å². The number of halogens is 3. The van der Waals surface area contributed by atoms with Crippen molar-refractivity contribution in [3.63, 3.8) is 0 Å². The van der Waals surface area contributed by atoms with E-state index in [9.17, 15) is 18.0 Å². The second-order valence-corrected chi connectivity index (χ2v) is 8.86. The number of benzene rings is 1. The van der Waals surface area contributed by atoms with Crippen molar-refractivity contribution < 1.29 is 22.7 Å². The Bertz CT molecular complexity index is 1280. The van der Waals surface area contributed by atoms with E-state index in [4.69, 9.17) is 4.74 Å². The van der Waals surface area contributed by atoms with E-state index in [1.54, 1.807) is 24.1 Å².